The highest BCUT2D eigenvalue weighted by Crippen LogP contribution is 2.44. The third-order valence-corrected chi connectivity index (χ3v) is 6.36. The molecule has 0 fully saturated rings. The fourth-order valence-electron chi connectivity index (χ4n) is 4.14. The SMILES string of the molecule is [C-]#[N+]C([N+]#[C-])=C1OC(C)(C)C(/C=C/C2=C(Cl)C(=C/OCC)/CC(c3ccc(OC#C)cc3)C2)=C1[N+]#[C-]. The zero-order valence-electron chi connectivity index (χ0n) is 20.3. The van der Waals surface area contributed by atoms with Crippen molar-refractivity contribution in [2.75, 3.05) is 6.61 Å². The second-order valence-corrected chi connectivity index (χ2v) is 8.91. The van der Waals surface area contributed by atoms with Gasteiger partial charge < -0.3 is 14.2 Å². The Bertz CT molecular complexity index is 1350. The molecule has 0 saturated heterocycles. The molecule has 2 aliphatic rings. The Balaban J connectivity index is 2.04. The van der Waals surface area contributed by atoms with Gasteiger partial charge >= 0.3 is 5.82 Å². The van der Waals surface area contributed by atoms with Gasteiger partial charge in [-0.05, 0) is 62.8 Å². The van der Waals surface area contributed by atoms with Crippen molar-refractivity contribution in [1.82, 2.24) is 0 Å². The average molecular weight is 498 g/mol. The van der Waals surface area contributed by atoms with Gasteiger partial charge in [0, 0.05) is 11.1 Å². The quantitative estimate of drug-likeness (QED) is 0.232. The van der Waals surface area contributed by atoms with Gasteiger partial charge in [0.2, 0.25) is 11.5 Å². The Labute approximate surface area is 217 Å². The van der Waals surface area contributed by atoms with Crippen LogP contribution in [0, 0.1) is 32.2 Å². The van der Waals surface area contributed by atoms with Crippen molar-refractivity contribution in [3.63, 3.8) is 0 Å². The predicted molar refractivity (Wildman–Crippen MR) is 139 cm³/mol. The molecule has 1 aliphatic carbocycles. The lowest BCUT2D eigenvalue weighted by Crippen LogP contribution is -2.20. The third-order valence-electron chi connectivity index (χ3n) is 5.87. The van der Waals surface area contributed by atoms with Gasteiger partial charge in [0.1, 0.15) is 30.6 Å². The first-order valence-electron chi connectivity index (χ1n) is 11.2. The highest BCUT2D eigenvalue weighted by atomic mass is 35.5. The number of hydrogen-bond acceptors (Lipinski definition) is 3. The lowest BCUT2D eigenvalue weighted by molar-refractivity contribution is 0.0950. The molecule has 36 heavy (non-hydrogen) atoms. The molecular weight excluding hydrogens is 474 g/mol. The molecule has 1 aromatic rings. The molecule has 7 heteroatoms. The van der Waals surface area contributed by atoms with Crippen molar-refractivity contribution >= 4 is 11.6 Å². The number of terminal acetylenes is 1. The van der Waals surface area contributed by atoms with Crippen LogP contribution in [0.4, 0.5) is 0 Å². The molecule has 0 aromatic heterocycles. The van der Waals surface area contributed by atoms with Gasteiger partial charge in [-0.1, -0.05) is 42.3 Å². The number of halogens is 1. The summed E-state index contributed by atoms with van der Waals surface area (Å²) in [5.41, 5.74) is 2.72. The van der Waals surface area contributed by atoms with Crippen LogP contribution in [0.3, 0.4) is 0 Å². The predicted octanol–water partition coefficient (Wildman–Crippen LogP) is 7.49. The van der Waals surface area contributed by atoms with Crippen LogP contribution in [0.25, 0.3) is 14.5 Å². The summed E-state index contributed by atoms with van der Waals surface area (Å²) in [4.78, 5) is 10.0. The van der Waals surface area contributed by atoms with E-state index in [1.54, 1.807) is 26.2 Å². The van der Waals surface area contributed by atoms with Crippen molar-refractivity contribution in [1.29, 1.82) is 0 Å². The van der Waals surface area contributed by atoms with Crippen molar-refractivity contribution in [2.24, 2.45) is 0 Å². The van der Waals surface area contributed by atoms with Crippen LogP contribution in [0.5, 0.6) is 5.75 Å². The maximum absolute atomic E-state index is 7.67. The van der Waals surface area contributed by atoms with Crippen molar-refractivity contribution < 1.29 is 14.2 Å². The smallest absolute Gasteiger partial charge is 0.501 e. The fourth-order valence-corrected chi connectivity index (χ4v) is 4.41. The molecule has 0 spiro atoms. The largest absolute Gasteiger partial charge is 0.550 e. The van der Waals surface area contributed by atoms with Gasteiger partial charge in [0.25, 0.3) is 0 Å². The summed E-state index contributed by atoms with van der Waals surface area (Å²) in [5, 5.41) is 0.601. The van der Waals surface area contributed by atoms with E-state index in [0.717, 1.165) is 16.7 Å². The van der Waals surface area contributed by atoms with Gasteiger partial charge in [-0.3, -0.25) is 0 Å². The second kappa shape index (κ2) is 11.4. The van der Waals surface area contributed by atoms with Crippen molar-refractivity contribution in [3.05, 3.63) is 122 Å². The molecule has 1 atom stereocenters. The lowest BCUT2D eigenvalue weighted by atomic mass is 9.81. The minimum Gasteiger partial charge on any atom is -0.501 e. The summed E-state index contributed by atoms with van der Waals surface area (Å²) in [6, 6.07) is 7.64. The highest BCUT2D eigenvalue weighted by molar-refractivity contribution is 6.32. The number of hydrogen-bond donors (Lipinski definition) is 0. The summed E-state index contributed by atoms with van der Waals surface area (Å²) in [7, 11) is 0. The Hall–Kier alpha value is -4.36. The summed E-state index contributed by atoms with van der Waals surface area (Å²) >= 11 is 6.80. The van der Waals surface area contributed by atoms with Gasteiger partial charge in [-0.25, -0.2) is 4.85 Å². The number of allylic oxidation sites excluding steroid dienone is 4. The molecule has 1 unspecified atom stereocenters. The summed E-state index contributed by atoms with van der Waals surface area (Å²) in [6.45, 7) is 28.2. The van der Waals surface area contributed by atoms with E-state index >= 15 is 0 Å². The normalized spacial score (nSPS) is 19.8. The summed E-state index contributed by atoms with van der Waals surface area (Å²) in [5.74, 6) is 0.492. The molecule has 0 N–H and O–H groups in total. The molecule has 1 aliphatic heterocycles. The molecule has 0 bridgehead atoms. The average Bonchev–Trinajstić information content (AvgIpc) is 3.13. The molecule has 0 radical (unpaired) electrons. The first kappa shape index (κ1) is 26.2. The molecule has 0 amide bonds. The monoisotopic (exact) mass is 497 g/mol. The fraction of sp³-hybridized carbons (Fsp3) is 0.276. The van der Waals surface area contributed by atoms with E-state index in [9.17, 15) is 0 Å². The lowest BCUT2D eigenvalue weighted by Gasteiger charge is -2.27. The first-order chi connectivity index (χ1) is 17.3. The van der Waals surface area contributed by atoms with Crippen LogP contribution in [0.1, 0.15) is 45.1 Å². The van der Waals surface area contributed by atoms with Crippen LogP contribution in [0.2, 0.25) is 0 Å². The molecular formula is C29H24ClN3O3. The molecule has 1 heterocycles. The van der Waals surface area contributed by atoms with Gasteiger partial charge in [0.15, 0.2) is 0 Å². The number of rotatable bonds is 6. The standard InChI is InChI=1S/C29H24ClN3O3/c1-8-34-18-22-17-21(19-10-13-23(14-11-19)35-9-2)16-20(25(22)30)12-15-24-26(31-5)27(28(32-6)33-7)36-29(24,3)4/h2,10-15,18,21H,8,16-17H2,1,3-4H3/b15-12+,22-18+. The van der Waals surface area contributed by atoms with E-state index in [-0.39, 0.29) is 23.2 Å². The minimum atomic E-state index is -0.885. The number of nitrogens with zero attached hydrogens (tertiary/aromatic N) is 3. The van der Waals surface area contributed by atoms with Gasteiger partial charge in [0.05, 0.1) is 24.5 Å². The van der Waals surface area contributed by atoms with Gasteiger partial charge in [-0.2, -0.15) is 9.69 Å². The van der Waals surface area contributed by atoms with Gasteiger partial charge in [-0.15, -0.1) is 0 Å². The van der Waals surface area contributed by atoms with Crippen LogP contribution < -0.4 is 4.74 Å². The zero-order chi connectivity index (χ0) is 26.3. The van der Waals surface area contributed by atoms with E-state index < -0.39 is 5.60 Å². The molecule has 180 valence electrons. The van der Waals surface area contributed by atoms with Crippen LogP contribution in [-0.4, -0.2) is 12.2 Å². The van der Waals surface area contributed by atoms with E-state index in [4.69, 9.17) is 52.0 Å². The minimum absolute atomic E-state index is 0.0208. The molecule has 1 aromatic carbocycles. The maximum Gasteiger partial charge on any atom is 0.550 e. The molecule has 3 rings (SSSR count). The van der Waals surface area contributed by atoms with E-state index in [1.807, 2.05) is 37.3 Å². The van der Waals surface area contributed by atoms with E-state index in [1.165, 1.54) is 0 Å². The Morgan fingerprint density at radius 3 is 2.47 bits per heavy atom. The second-order valence-electron chi connectivity index (χ2n) is 8.53. The van der Waals surface area contributed by atoms with E-state index in [2.05, 4.69) is 20.6 Å². The third kappa shape index (κ3) is 5.47. The molecule has 0 saturated carbocycles. The Morgan fingerprint density at radius 2 is 1.89 bits per heavy atom. The van der Waals surface area contributed by atoms with Crippen LogP contribution in [-0.2, 0) is 9.47 Å². The number of benzene rings is 1. The highest BCUT2D eigenvalue weighted by Gasteiger charge is 2.41. The topological polar surface area (TPSA) is 40.8 Å². The first-order valence-corrected chi connectivity index (χ1v) is 11.6. The Morgan fingerprint density at radius 1 is 1.19 bits per heavy atom. The van der Waals surface area contributed by atoms with Crippen molar-refractivity contribution in [3.8, 4) is 18.3 Å². The van der Waals surface area contributed by atoms with Crippen LogP contribution >= 0.6 is 11.6 Å². The summed E-state index contributed by atoms with van der Waals surface area (Å²) in [6.07, 6.45) is 14.1. The van der Waals surface area contributed by atoms with Crippen LogP contribution in [0.15, 0.2) is 81.7 Å². The number of ether oxygens (including phenoxy) is 3. The summed E-state index contributed by atoms with van der Waals surface area (Å²) < 4.78 is 16.5. The van der Waals surface area contributed by atoms with E-state index in [0.29, 0.717) is 35.8 Å². The Kier molecular flexibility index (Phi) is 8.30. The maximum atomic E-state index is 7.67. The zero-order valence-corrected chi connectivity index (χ0v) is 21.0. The van der Waals surface area contributed by atoms with Crippen molar-refractivity contribution in [2.45, 2.75) is 45.1 Å². The molecule has 6 nitrogen and oxygen atoms in total.